The minimum atomic E-state index is 0.226. The lowest BCUT2D eigenvalue weighted by Gasteiger charge is -2.10. The van der Waals surface area contributed by atoms with Gasteiger partial charge in [-0.2, -0.15) is 0 Å². The minimum absolute atomic E-state index is 0.226. The highest BCUT2D eigenvalue weighted by Gasteiger charge is 2.18. The third-order valence-electron chi connectivity index (χ3n) is 3.07. The molecule has 0 saturated heterocycles. The van der Waals surface area contributed by atoms with E-state index >= 15 is 0 Å². The predicted octanol–water partition coefficient (Wildman–Crippen LogP) is 5.81. The van der Waals surface area contributed by atoms with Crippen molar-refractivity contribution in [3.8, 4) is 0 Å². The molecule has 2 rings (SSSR count). The first-order valence-corrected chi connectivity index (χ1v) is 8.20. The smallest absolute Gasteiger partial charge is 0.123 e. The van der Waals surface area contributed by atoms with Gasteiger partial charge in [-0.1, -0.05) is 53.9 Å². The number of aromatic nitrogens is 2. The zero-order chi connectivity index (χ0) is 16.3. The van der Waals surface area contributed by atoms with E-state index in [-0.39, 0.29) is 12.5 Å². The lowest BCUT2D eigenvalue weighted by molar-refractivity contribution is 0.695. The third kappa shape index (κ3) is 3.90. The van der Waals surface area contributed by atoms with E-state index in [4.69, 9.17) is 28.7 Å². The normalized spacial score (nSPS) is 10.8. The largest absolute Gasteiger partial charge is 0.334 e. The summed E-state index contributed by atoms with van der Waals surface area (Å²) < 4.78 is 1.98. The van der Waals surface area contributed by atoms with Gasteiger partial charge in [0.15, 0.2) is 0 Å². The van der Waals surface area contributed by atoms with E-state index in [1.807, 2.05) is 23.7 Å². The molecular formula is C14H15Cl2N5S. The summed E-state index contributed by atoms with van der Waals surface area (Å²) in [5.74, 6) is 1.02. The Balaban J connectivity index is 2.42. The summed E-state index contributed by atoms with van der Waals surface area (Å²) in [6.07, 6.45) is 0. The van der Waals surface area contributed by atoms with Crippen LogP contribution in [0.1, 0.15) is 31.3 Å². The van der Waals surface area contributed by atoms with Crippen LogP contribution in [0, 0.1) is 0 Å². The number of rotatable bonds is 5. The lowest BCUT2D eigenvalue weighted by Crippen LogP contribution is -2.02. The highest BCUT2D eigenvalue weighted by molar-refractivity contribution is 7.99. The van der Waals surface area contributed by atoms with Gasteiger partial charge in [0.25, 0.3) is 0 Å². The topological polar surface area (TPSA) is 66.6 Å². The van der Waals surface area contributed by atoms with Crippen LogP contribution in [0.25, 0.3) is 10.4 Å². The van der Waals surface area contributed by atoms with Crippen molar-refractivity contribution in [2.75, 3.05) is 0 Å². The molecule has 0 aliphatic carbocycles. The predicted molar refractivity (Wildman–Crippen MR) is 90.7 cm³/mol. The zero-order valence-electron chi connectivity index (χ0n) is 12.4. The van der Waals surface area contributed by atoms with Gasteiger partial charge < -0.3 is 4.57 Å². The molecule has 5 nitrogen and oxygen atoms in total. The zero-order valence-corrected chi connectivity index (χ0v) is 14.7. The minimum Gasteiger partial charge on any atom is -0.334 e. The van der Waals surface area contributed by atoms with E-state index in [1.54, 1.807) is 6.07 Å². The average molecular weight is 356 g/mol. The fourth-order valence-electron chi connectivity index (χ4n) is 2.18. The Labute approximate surface area is 143 Å². The van der Waals surface area contributed by atoms with E-state index < -0.39 is 0 Å². The van der Waals surface area contributed by atoms with Gasteiger partial charge in [-0.3, -0.25) is 0 Å². The summed E-state index contributed by atoms with van der Waals surface area (Å²) in [7, 11) is 1.93. The molecule has 0 aliphatic rings. The molecule has 22 heavy (non-hydrogen) atoms. The summed E-state index contributed by atoms with van der Waals surface area (Å²) in [5, 5.41) is 5.65. The first-order chi connectivity index (χ1) is 10.4. The standard InChI is InChI=1S/C14H15Cl2N5S/c1-8(2)13-14(19-12(21(13)3)7-18-20-17)22-11-5-9(15)4-10(16)6-11/h4-6,8H,7H2,1-3H3. The van der Waals surface area contributed by atoms with Crippen LogP contribution in [0.3, 0.4) is 0 Å². The van der Waals surface area contributed by atoms with Gasteiger partial charge in [-0.25, -0.2) is 4.98 Å². The maximum Gasteiger partial charge on any atom is 0.123 e. The van der Waals surface area contributed by atoms with Crippen molar-refractivity contribution >= 4 is 35.0 Å². The number of benzene rings is 1. The molecule has 0 spiro atoms. The van der Waals surface area contributed by atoms with Crippen molar-refractivity contribution in [3.05, 3.63) is 50.2 Å². The molecule has 116 valence electrons. The van der Waals surface area contributed by atoms with Gasteiger partial charge >= 0.3 is 0 Å². The summed E-state index contributed by atoms with van der Waals surface area (Å²) in [5.41, 5.74) is 9.57. The fourth-order valence-corrected chi connectivity index (χ4v) is 4.06. The van der Waals surface area contributed by atoms with Crippen LogP contribution >= 0.6 is 35.0 Å². The Morgan fingerprint density at radius 1 is 1.32 bits per heavy atom. The van der Waals surface area contributed by atoms with Crippen LogP contribution in [0.4, 0.5) is 0 Å². The van der Waals surface area contributed by atoms with Crippen LogP contribution in [-0.2, 0) is 13.6 Å². The fraction of sp³-hybridized carbons (Fsp3) is 0.357. The molecule has 0 aliphatic heterocycles. The first kappa shape index (κ1) is 17.0. The average Bonchev–Trinajstić information content (AvgIpc) is 2.71. The Hall–Kier alpha value is -1.33. The number of halogens is 2. The SMILES string of the molecule is CC(C)c1c(Sc2cc(Cl)cc(Cl)c2)nc(CN=[N+]=[N-])n1C. The van der Waals surface area contributed by atoms with E-state index in [1.165, 1.54) is 11.8 Å². The van der Waals surface area contributed by atoms with E-state index in [9.17, 15) is 0 Å². The van der Waals surface area contributed by atoms with Crippen LogP contribution in [0.5, 0.6) is 0 Å². The summed E-state index contributed by atoms with van der Waals surface area (Å²) in [6.45, 7) is 4.43. The molecule has 0 fully saturated rings. The molecule has 0 amide bonds. The van der Waals surface area contributed by atoms with Crippen molar-refractivity contribution in [1.82, 2.24) is 9.55 Å². The maximum atomic E-state index is 8.49. The Kier molecular flexibility index (Phi) is 5.64. The molecule has 0 atom stereocenters. The molecular weight excluding hydrogens is 341 g/mol. The van der Waals surface area contributed by atoms with Crippen molar-refractivity contribution in [1.29, 1.82) is 0 Å². The molecule has 1 aromatic heterocycles. The molecule has 0 unspecified atom stereocenters. The number of hydrogen-bond donors (Lipinski definition) is 0. The highest BCUT2D eigenvalue weighted by atomic mass is 35.5. The molecule has 0 N–H and O–H groups in total. The monoisotopic (exact) mass is 355 g/mol. The highest BCUT2D eigenvalue weighted by Crippen LogP contribution is 2.36. The van der Waals surface area contributed by atoms with E-state index in [2.05, 4.69) is 28.9 Å². The number of azide groups is 1. The Morgan fingerprint density at radius 3 is 2.50 bits per heavy atom. The molecule has 1 aromatic carbocycles. The van der Waals surface area contributed by atoms with Gasteiger partial charge in [0.05, 0.1) is 12.2 Å². The van der Waals surface area contributed by atoms with Gasteiger partial charge in [-0.15, -0.1) is 0 Å². The van der Waals surface area contributed by atoms with Gasteiger partial charge in [0.2, 0.25) is 0 Å². The van der Waals surface area contributed by atoms with Crippen molar-refractivity contribution in [2.24, 2.45) is 12.2 Å². The Morgan fingerprint density at radius 2 is 1.95 bits per heavy atom. The first-order valence-electron chi connectivity index (χ1n) is 6.62. The van der Waals surface area contributed by atoms with Crippen LogP contribution in [0.15, 0.2) is 33.2 Å². The molecule has 2 aromatic rings. The molecule has 0 radical (unpaired) electrons. The number of imidazole rings is 1. The molecule has 0 saturated carbocycles. The number of hydrogen-bond acceptors (Lipinski definition) is 3. The van der Waals surface area contributed by atoms with Gasteiger partial charge in [-0.05, 0) is 29.6 Å². The maximum absolute atomic E-state index is 8.49. The van der Waals surface area contributed by atoms with Crippen molar-refractivity contribution < 1.29 is 0 Å². The van der Waals surface area contributed by atoms with Crippen molar-refractivity contribution in [2.45, 2.75) is 36.2 Å². The van der Waals surface area contributed by atoms with Crippen LogP contribution in [0.2, 0.25) is 10.0 Å². The second kappa shape index (κ2) is 7.29. The molecule has 1 heterocycles. The van der Waals surface area contributed by atoms with E-state index in [0.29, 0.717) is 10.0 Å². The van der Waals surface area contributed by atoms with Gasteiger partial charge in [0.1, 0.15) is 10.9 Å². The molecule has 8 heteroatoms. The summed E-state index contributed by atoms with van der Waals surface area (Å²) >= 11 is 13.6. The second-order valence-corrected chi connectivity index (χ2v) is 6.96. The van der Waals surface area contributed by atoms with Gasteiger partial charge in [0, 0.05) is 26.9 Å². The quantitative estimate of drug-likeness (QED) is 0.385. The second-order valence-electron chi connectivity index (χ2n) is 5.03. The number of nitrogens with zero attached hydrogens (tertiary/aromatic N) is 5. The Bertz CT molecular complexity index is 715. The van der Waals surface area contributed by atoms with E-state index in [0.717, 1.165) is 21.4 Å². The molecule has 0 bridgehead atoms. The third-order valence-corrected chi connectivity index (χ3v) is 4.47. The van der Waals surface area contributed by atoms with Crippen molar-refractivity contribution in [3.63, 3.8) is 0 Å². The summed E-state index contributed by atoms with van der Waals surface area (Å²) in [4.78, 5) is 8.31. The van der Waals surface area contributed by atoms with Crippen LogP contribution in [-0.4, -0.2) is 9.55 Å². The lowest BCUT2D eigenvalue weighted by atomic mass is 10.1. The van der Waals surface area contributed by atoms with Crippen LogP contribution < -0.4 is 0 Å². The summed E-state index contributed by atoms with van der Waals surface area (Å²) in [6, 6.07) is 5.40.